The van der Waals surface area contributed by atoms with E-state index in [0.29, 0.717) is 11.3 Å². The fraction of sp³-hybridized carbons (Fsp3) is 0.133. The number of pyridine rings is 1. The van der Waals surface area contributed by atoms with Crippen LogP contribution in [0.15, 0.2) is 42.5 Å². The number of hydrogen-bond acceptors (Lipinski definition) is 2. The zero-order valence-electron chi connectivity index (χ0n) is 12.4. The van der Waals surface area contributed by atoms with E-state index in [1.165, 1.54) is 0 Å². The molecule has 0 saturated carbocycles. The second kappa shape index (κ2) is 5.18. The summed E-state index contributed by atoms with van der Waals surface area (Å²) in [6.07, 6.45) is 0. The van der Waals surface area contributed by atoms with Gasteiger partial charge in [-0.25, -0.2) is 4.98 Å². The molecule has 2 nitrogen and oxygen atoms in total. The lowest BCUT2D eigenvalue weighted by Crippen LogP contribution is -1.85. The molecular weight excluding hydrogens is 210 g/mol. The van der Waals surface area contributed by atoms with E-state index in [1.807, 2.05) is 25.1 Å². The molecule has 0 N–H and O–H groups in total. The lowest BCUT2D eigenvalue weighted by molar-refractivity contribution is 0.414. The van der Waals surface area contributed by atoms with Gasteiger partial charge in [-0.3, -0.25) is 0 Å². The van der Waals surface area contributed by atoms with Crippen LogP contribution in [-0.2, 0) is 0 Å². The molecule has 0 fully saturated rings. The number of aryl methyl sites for hydroxylation is 1. The first kappa shape index (κ1) is 7.92. The molecule has 1 aromatic heterocycles. The molecule has 2 heteroatoms. The van der Waals surface area contributed by atoms with Crippen LogP contribution in [0.2, 0.25) is 0 Å². The third-order valence-electron chi connectivity index (χ3n) is 2.18. The standard InChI is InChI=1S/C15H13NO/c1-12-5-3-7-14(16-12)10-9-13-6-4-8-15(11-13)17-2/h3-8,11H,1-2H3/i2D3. The summed E-state index contributed by atoms with van der Waals surface area (Å²) in [4.78, 5) is 4.28. The summed E-state index contributed by atoms with van der Waals surface area (Å²) < 4.78 is 26.0. The molecule has 2 rings (SSSR count). The summed E-state index contributed by atoms with van der Waals surface area (Å²) in [6.45, 7) is 1.90. The van der Waals surface area contributed by atoms with Gasteiger partial charge < -0.3 is 4.74 Å². The zero-order valence-corrected chi connectivity index (χ0v) is 9.40. The minimum Gasteiger partial charge on any atom is -0.497 e. The monoisotopic (exact) mass is 226 g/mol. The summed E-state index contributed by atoms with van der Waals surface area (Å²) in [6, 6.07) is 12.3. The van der Waals surface area contributed by atoms with Crippen LogP contribution in [0.25, 0.3) is 0 Å². The number of rotatable bonds is 1. The van der Waals surface area contributed by atoms with Crippen LogP contribution in [0.4, 0.5) is 0 Å². The van der Waals surface area contributed by atoms with E-state index < -0.39 is 7.04 Å². The average molecular weight is 226 g/mol. The van der Waals surface area contributed by atoms with Gasteiger partial charge in [0.2, 0.25) is 0 Å². The Hall–Kier alpha value is -2.27. The van der Waals surface area contributed by atoms with Gasteiger partial charge in [0.25, 0.3) is 0 Å². The maximum Gasteiger partial charge on any atom is 0.120 e. The van der Waals surface area contributed by atoms with Crippen molar-refractivity contribution in [2.45, 2.75) is 6.92 Å². The second-order valence-corrected chi connectivity index (χ2v) is 3.54. The van der Waals surface area contributed by atoms with Gasteiger partial charge >= 0.3 is 0 Å². The zero-order chi connectivity index (χ0) is 14.6. The lowest BCUT2D eigenvalue weighted by Gasteiger charge is -1.98. The number of nitrogens with zero attached hydrogens (tertiary/aromatic N) is 1. The van der Waals surface area contributed by atoms with Crippen LogP contribution in [0.5, 0.6) is 5.75 Å². The summed E-state index contributed by atoms with van der Waals surface area (Å²) in [5.41, 5.74) is 2.25. The first-order chi connectivity index (χ1) is 9.42. The van der Waals surface area contributed by atoms with Crippen molar-refractivity contribution in [1.82, 2.24) is 4.98 Å². The van der Waals surface area contributed by atoms with Crippen LogP contribution in [-0.4, -0.2) is 12.0 Å². The predicted molar refractivity (Wildman–Crippen MR) is 67.9 cm³/mol. The van der Waals surface area contributed by atoms with Crippen molar-refractivity contribution in [2.75, 3.05) is 7.04 Å². The van der Waals surface area contributed by atoms with E-state index in [1.54, 1.807) is 24.3 Å². The molecule has 0 unspecified atom stereocenters. The lowest BCUT2D eigenvalue weighted by atomic mass is 10.2. The highest BCUT2D eigenvalue weighted by Gasteiger charge is 1.92. The second-order valence-electron chi connectivity index (χ2n) is 3.54. The molecule has 0 aliphatic heterocycles. The smallest absolute Gasteiger partial charge is 0.120 e. The molecule has 0 bridgehead atoms. The van der Waals surface area contributed by atoms with Crippen LogP contribution < -0.4 is 4.74 Å². The SMILES string of the molecule is [2H]C([2H])([2H])Oc1cccc(C#Cc2cccc(C)n2)c1. The number of ether oxygens (including phenoxy) is 1. The average Bonchev–Trinajstić information content (AvgIpc) is 2.35. The quantitative estimate of drug-likeness (QED) is 0.697. The molecule has 17 heavy (non-hydrogen) atoms. The van der Waals surface area contributed by atoms with Gasteiger partial charge in [0.05, 0.1) is 11.2 Å². The minimum absolute atomic E-state index is 0.272. The number of benzene rings is 1. The summed E-state index contributed by atoms with van der Waals surface area (Å²) in [7, 11) is -2.45. The fourth-order valence-electron chi connectivity index (χ4n) is 1.39. The molecule has 0 spiro atoms. The van der Waals surface area contributed by atoms with Gasteiger partial charge in [0, 0.05) is 11.3 Å². The third-order valence-corrected chi connectivity index (χ3v) is 2.18. The van der Waals surface area contributed by atoms with Gasteiger partial charge in [0.15, 0.2) is 0 Å². The predicted octanol–water partition coefficient (Wildman–Crippen LogP) is 2.80. The van der Waals surface area contributed by atoms with Crippen LogP contribution in [0, 0.1) is 18.8 Å². The van der Waals surface area contributed by atoms with Crippen molar-refractivity contribution in [3.63, 3.8) is 0 Å². The molecule has 84 valence electrons. The molecule has 2 aromatic rings. The molecule has 1 aromatic carbocycles. The molecule has 0 radical (unpaired) electrons. The minimum atomic E-state index is -2.45. The van der Waals surface area contributed by atoms with Gasteiger partial charge in [-0.1, -0.05) is 18.1 Å². The maximum atomic E-state index is 7.06. The molecule has 0 aliphatic rings. The first-order valence-corrected chi connectivity index (χ1v) is 5.17. The van der Waals surface area contributed by atoms with Crippen molar-refractivity contribution >= 4 is 0 Å². The van der Waals surface area contributed by atoms with Gasteiger partial charge in [-0.15, -0.1) is 0 Å². The fourth-order valence-corrected chi connectivity index (χ4v) is 1.39. The third kappa shape index (κ3) is 3.09. The Labute approximate surface area is 105 Å². The molecule has 0 amide bonds. The van der Waals surface area contributed by atoms with E-state index >= 15 is 0 Å². The van der Waals surface area contributed by atoms with E-state index in [9.17, 15) is 0 Å². The van der Waals surface area contributed by atoms with Crippen molar-refractivity contribution in [2.24, 2.45) is 0 Å². The van der Waals surface area contributed by atoms with Crippen molar-refractivity contribution < 1.29 is 8.85 Å². The van der Waals surface area contributed by atoms with Crippen molar-refractivity contribution in [3.8, 4) is 17.6 Å². The van der Waals surface area contributed by atoms with Crippen molar-refractivity contribution in [3.05, 3.63) is 59.4 Å². The Morgan fingerprint density at radius 2 is 2.06 bits per heavy atom. The number of hydrogen-bond donors (Lipinski definition) is 0. The summed E-state index contributed by atoms with van der Waals surface area (Å²) in [5.74, 6) is 6.14. The van der Waals surface area contributed by atoms with E-state index in [2.05, 4.69) is 16.8 Å². The Bertz CT molecular complexity index is 669. The van der Waals surface area contributed by atoms with Crippen LogP contribution in [0.1, 0.15) is 21.1 Å². The van der Waals surface area contributed by atoms with E-state index in [-0.39, 0.29) is 5.75 Å². The summed E-state index contributed by atoms with van der Waals surface area (Å²) in [5, 5.41) is 0. The normalized spacial score (nSPS) is 12.6. The van der Waals surface area contributed by atoms with Crippen molar-refractivity contribution in [1.29, 1.82) is 0 Å². The Balaban J connectivity index is 2.21. The highest BCUT2D eigenvalue weighted by atomic mass is 16.5. The molecule has 1 heterocycles. The molecule has 0 aliphatic carbocycles. The van der Waals surface area contributed by atoms with Crippen LogP contribution >= 0.6 is 0 Å². The summed E-state index contributed by atoms with van der Waals surface area (Å²) >= 11 is 0. The van der Waals surface area contributed by atoms with E-state index in [4.69, 9.17) is 8.85 Å². The highest BCUT2D eigenvalue weighted by Crippen LogP contribution is 2.11. The topological polar surface area (TPSA) is 22.1 Å². The molecule has 0 atom stereocenters. The first-order valence-electron chi connectivity index (χ1n) is 6.67. The number of aromatic nitrogens is 1. The Morgan fingerprint density at radius 3 is 2.88 bits per heavy atom. The number of methoxy groups -OCH3 is 1. The highest BCUT2D eigenvalue weighted by molar-refractivity contribution is 5.43. The van der Waals surface area contributed by atoms with Gasteiger partial charge in [-0.05, 0) is 43.2 Å². The Kier molecular flexibility index (Phi) is 2.41. The molecule has 0 saturated heterocycles. The molecular formula is C15H13NO. The van der Waals surface area contributed by atoms with Gasteiger partial charge in [-0.2, -0.15) is 0 Å². The Morgan fingerprint density at radius 1 is 1.18 bits per heavy atom. The van der Waals surface area contributed by atoms with E-state index in [0.717, 1.165) is 5.69 Å². The van der Waals surface area contributed by atoms with Crippen LogP contribution in [0.3, 0.4) is 0 Å². The largest absolute Gasteiger partial charge is 0.497 e. The maximum absolute atomic E-state index is 7.06. The van der Waals surface area contributed by atoms with Gasteiger partial charge in [0.1, 0.15) is 11.4 Å².